The van der Waals surface area contributed by atoms with Crippen LogP contribution >= 0.6 is 0 Å². The molecule has 22 heavy (non-hydrogen) atoms. The summed E-state index contributed by atoms with van der Waals surface area (Å²) in [6, 6.07) is 9.06. The Balaban J connectivity index is 1.94. The molecule has 1 aromatic rings. The highest BCUT2D eigenvalue weighted by Crippen LogP contribution is 2.17. The van der Waals surface area contributed by atoms with E-state index in [1.165, 1.54) is 11.3 Å². The van der Waals surface area contributed by atoms with Crippen molar-refractivity contribution in [2.45, 2.75) is 33.4 Å². The normalized spacial score (nSPS) is 16.0. The van der Waals surface area contributed by atoms with Gasteiger partial charge >= 0.3 is 0 Å². The van der Waals surface area contributed by atoms with Crippen LogP contribution < -0.4 is 15.5 Å². The number of aliphatic imine (C=N–C) groups is 1. The summed E-state index contributed by atoms with van der Waals surface area (Å²) in [6.45, 7) is 11.4. The number of ether oxygens (including phenoxy) is 1. The molecule has 2 N–H and O–H groups in total. The summed E-state index contributed by atoms with van der Waals surface area (Å²) in [4.78, 5) is 6.99. The Hall–Kier alpha value is -1.75. The van der Waals surface area contributed by atoms with E-state index in [1.54, 1.807) is 0 Å². The lowest BCUT2D eigenvalue weighted by atomic mass is 10.2. The number of hydrogen-bond acceptors (Lipinski definition) is 3. The topological polar surface area (TPSA) is 48.9 Å². The van der Waals surface area contributed by atoms with Gasteiger partial charge in [-0.3, -0.25) is 0 Å². The van der Waals surface area contributed by atoms with Crippen molar-refractivity contribution in [1.82, 2.24) is 10.6 Å². The van der Waals surface area contributed by atoms with Gasteiger partial charge < -0.3 is 20.3 Å². The number of anilines is 1. The Labute approximate surface area is 133 Å². The average molecular weight is 304 g/mol. The van der Waals surface area contributed by atoms with Gasteiger partial charge in [-0.05, 0) is 38.5 Å². The van der Waals surface area contributed by atoms with Gasteiger partial charge in [-0.2, -0.15) is 0 Å². The SMILES string of the molecule is CCNC(=NCc1ccc(N2CCOCC2)cc1)NC(C)C. The zero-order valence-corrected chi connectivity index (χ0v) is 13.9. The number of rotatable bonds is 5. The van der Waals surface area contributed by atoms with E-state index in [0.29, 0.717) is 12.6 Å². The monoisotopic (exact) mass is 304 g/mol. The van der Waals surface area contributed by atoms with Gasteiger partial charge in [0.25, 0.3) is 0 Å². The molecule has 0 radical (unpaired) electrons. The average Bonchev–Trinajstić information content (AvgIpc) is 2.54. The van der Waals surface area contributed by atoms with Crippen LogP contribution in [0.2, 0.25) is 0 Å². The summed E-state index contributed by atoms with van der Waals surface area (Å²) < 4.78 is 5.39. The smallest absolute Gasteiger partial charge is 0.191 e. The molecule has 122 valence electrons. The number of hydrogen-bond donors (Lipinski definition) is 2. The lowest BCUT2D eigenvalue weighted by molar-refractivity contribution is 0.122. The van der Waals surface area contributed by atoms with Crippen molar-refractivity contribution in [2.24, 2.45) is 4.99 Å². The maximum absolute atomic E-state index is 5.39. The van der Waals surface area contributed by atoms with Crippen LogP contribution in [-0.4, -0.2) is 44.8 Å². The van der Waals surface area contributed by atoms with E-state index in [0.717, 1.165) is 38.8 Å². The molecular formula is C17H28N4O. The van der Waals surface area contributed by atoms with Gasteiger partial charge in [0, 0.05) is 31.4 Å². The number of nitrogens with zero attached hydrogens (tertiary/aromatic N) is 2. The molecule has 1 aromatic carbocycles. The molecule has 1 aliphatic rings. The Morgan fingerprint density at radius 1 is 1.23 bits per heavy atom. The van der Waals surface area contributed by atoms with Crippen LogP contribution in [-0.2, 0) is 11.3 Å². The first-order valence-corrected chi connectivity index (χ1v) is 8.15. The maximum Gasteiger partial charge on any atom is 0.191 e. The van der Waals surface area contributed by atoms with Gasteiger partial charge in [0.15, 0.2) is 5.96 Å². The third-order valence-corrected chi connectivity index (χ3v) is 3.50. The molecule has 1 saturated heterocycles. The summed E-state index contributed by atoms with van der Waals surface area (Å²) in [5.74, 6) is 0.870. The van der Waals surface area contributed by atoms with E-state index in [9.17, 15) is 0 Å². The highest BCUT2D eigenvalue weighted by molar-refractivity contribution is 5.80. The lowest BCUT2D eigenvalue weighted by Gasteiger charge is -2.28. The summed E-state index contributed by atoms with van der Waals surface area (Å²) in [6.07, 6.45) is 0. The molecule has 0 unspecified atom stereocenters. The number of guanidine groups is 1. The minimum atomic E-state index is 0.376. The molecule has 0 amide bonds. The van der Waals surface area contributed by atoms with Crippen molar-refractivity contribution in [2.75, 3.05) is 37.7 Å². The highest BCUT2D eigenvalue weighted by atomic mass is 16.5. The predicted octanol–water partition coefficient (Wildman–Crippen LogP) is 1.99. The van der Waals surface area contributed by atoms with Crippen LogP contribution in [0.5, 0.6) is 0 Å². The molecule has 1 heterocycles. The van der Waals surface area contributed by atoms with Crippen LogP contribution in [0.1, 0.15) is 26.3 Å². The minimum absolute atomic E-state index is 0.376. The molecule has 0 saturated carbocycles. The number of nitrogens with one attached hydrogen (secondary N) is 2. The molecule has 1 aliphatic heterocycles. The summed E-state index contributed by atoms with van der Waals surface area (Å²) in [5, 5.41) is 6.59. The van der Waals surface area contributed by atoms with E-state index < -0.39 is 0 Å². The third-order valence-electron chi connectivity index (χ3n) is 3.50. The summed E-state index contributed by atoms with van der Waals surface area (Å²) >= 11 is 0. The van der Waals surface area contributed by atoms with E-state index in [-0.39, 0.29) is 0 Å². The molecule has 0 aromatic heterocycles. The summed E-state index contributed by atoms with van der Waals surface area (Å²) in [7, 11) is 0. The molecule has 0 bridgehead atoms. The number of benzene rings is 1. The van der Waals surface area contributed by atoms with Crippen LogP contribution in [0.3, 0.4) is 0 Å². The zero-order chi connectivity index (χ0) is 15.8. The standard InChI is InChI=1S/C17H28N4O/c1-4-18-17(20-14(2)3)19-13-15-5-7-16(8-6-15)21-9-11-22-12-10-21/h5-8,14H,4,9-13H2,1-3H3,(H2,18,19,20). The van der Waals surface area contributed by atoms with Gasteiger partial charge in [0.05, 0.1) is 19.8 Å². The Bertz CT molecular complexity index is 464. The first-order chi connectivity index (χ1) is 10.7. The van der Waals surface area contributed by atoms with Crippen molar-refractivity contribution in [3.8, 4) is 0 Å². The fourth-order valence-corrected chi connectivity index (χ4v) is 2.40. The van der Waals surface area contributed by atoms with Crippen molar-refractivity contribution >= 4 is 11.6 Å². The fraction of sp³-hybridized carbons (Fsp3) is 0.588. The largest absolute Gasteiger partial charge is 0.378 e. The van der Waals surface area contributed by atoms with Crippen LogP contribution in [0.4, 0.5) is 5.69 Å². The zero-order valence-electron chi connectivity index (χ0n) is 13.9. The first-order valence-electron chi connectivity index (χ1n) is 8.15. The molecule has 2 rings (SSSR count). The van der Waals surface area contributed by atoms with Crippen LogP contribution in [0.15, 0.2) is 29.3 Å². The Morgan fingerprint density at radius 2 is 1.91 bits per heavy atom. The number of morpholine rings is 1. The highest BCUT2D eigenvalue weighted by Gasteiger charge is 2.10. The van der Waals surface area contributed by atoms with Crippen molar-refractivity contribution in [3.05, 3.63) is 29.8 Å². The van der Waals surface area contributed by atoms with Crippen LogP contribution in [0.25, 0.3) is 0 Å². The van der Waals surface area contributed by atoms with Crippen molar-refractivity contribution in [3.63, 3.8) is 0 Å². The Morgan fingerprint density at radius 3 is 2.50 bits per heavy atom. The van der Waals surface area contributed by atoms with Gasteiger partial charge in [-0.1, -0.05) is 12.1 Å². The quantitative estimate of drug-likeness (QED) is 0.645. The van der Waals surface area contributed by atoms with E-state index in [2.05, 4.69) is 65.6 Å². The first kappa shape index (κ1) is 16.6. The van der Waals surface area contributed by atoms with Gasteiger partial charge in [0.1, 0.15) is 0 Å². The van der Waals surface area contributed by atoms with Gasteiger partial charge in [-0.15, -0.1) is 0 Å². The van der Waals surface area contributed by atoms with E-state index in [4.69, 9.17) is 4.74 Å². The van der Waals surface area contributed by atoms with E-state index in [1.807, 2.05) is 0 Å². The predicted molar refractivity (Wildman–Crippen MR) is 92.6 cm³/mol. The van der Waals surface area contributed by atoms with Crippen LogP contribution in [0, 0.1) is 0 Å². The minimum Gasteiger partial charge on any atom is -0.378 e. The second-order valence-electron chi connectivity index (χ2n) is 5.76. The molecular weight excluding hydrogens is 276 g/mol. The van der Waals surface area contributed by atoms with Gasteiger partial charge in [-0.25, -0.2) is 4.99 Å². The molecule has 0 aliphatic carbocycles. The summed E-state index contributed by atoms with van der Waals surface area (Å²) in [5.41, 5.74) is 2.49. The fourth-order valence-electron chi connectivity index (χ4n) is 2.40. The second-order valence-corrected chi connectivity index (χ2v) is 5.76. The second kappa shape index (κ2) is 8.63. The van der Waals surface area contributed by atoms with Crippen molar-refractivity contribution in [1.29, 1.82) is 0 Å². The van der Waals surface area contributed by atoms with E-state index >= 15 is 0 Å². The van der Waals surface area contributed by atoms with Gasteiger partial charge in [0.2, 0.25) is 0 Å². The molecule has 1 fully saturated rings. The Kier molecular flexibility index (Phi) is 6.52. The molecule has 0 atom stereocenters. The molecule has 0 spiro atoms. The molecule has 5 nitrogen and oxygen atoms in total. The maximum atomic E-state index is 5.39. The third kappa shape index (κ3) is 5.22. The lowest BCUT2D eigenvalue weighted by Crippen LogP contribution is -2.41. The van der Waals surface area contributed by atoms with Crippen molar-refractivity contribution < 1.29 is 4.74 Å². The molecule has 5 heteroatoms.